The maximum absolute atomic E-state index is 12.2. The van der Waals surface area contributed by atoms with Crippen molar-refractivity contribution in [1.29, 1.82) is 0 Å². The highest BCUT2D eigenvalue weighted by molar-refractivity contribution is 6.42. The van der Waals surface area contributed by atoms with E-state index in [2.05, 4.69) is 9.57 Å². The fraction of sp³-hybridized carbons (Fsp3) is 0.300. The summed E-state index contributed by atoms with van der Waals surface area (Å²) in [6, 6.07) is 2.19. The Balaban J connectivity index is 3.22. The van der Waals surface area contributed by atoms with Crippen LogP contribution in [0.4, 0.5) is 8.78 Å². The van der Waals surface area contributed by atoms with E-state index in [0.29, 0.717) is 0 Å². The average Bonchev–Trinajstić information content (AvgIpc) is 2.31. The summed E-state index contributed by atoms with van der Waals surface area (Å²) >= 11 is 11.4. The molecule has 1 rings (SSSR count). The third-order valence-corrected chi connectivity index (χ3v) is 2.75. The highest BCUT2D eigenvalue weighted by Crippen LogP contribution is 2.32. The molecule has 0 heterocycles. The Labute approximate surface area is 112 Å². The van der Waals surface area contributed by atoms with Crippen molar-refractivity contribution < 1.29 is 23.1 Å². The molecule has 8 heteroatoms. The first-order chi connectivity index (χ1) is 8.36. The van der Waals surface area contributed by atoms with E-state index in [0.717, 1.165) is 17.2 Å². The first-order valence-corrected chi connectivity index (χ1v) is 5.38. The number of ether oxygens (including phenoxy) is 1. The summed E-state index contributed by atoms with van der Waals surface area (Å²) < 4.78 is 28.7. The Morgan fingerprint density at radius 1 is 1.33 bits per heavy atom. The van der Waals surface area contributed by atoms with Crippen LogP contribution in [-0.2, 0) is 4.84 Å². The molecule has 0 aliphatic carbocycles. The molecule has 0 unspecified atom stereocenters. The van der Waals surface area contributed by atoms with Crippen molar-refractivity contribution in [3.63, 3.8) is 0 Å². The van der Waals surface area contributed by atoms with Gasteiger partial charge in [-0.25, -0.2) is 5.06 Å². The van der Waals surface area contributed by atoms with Gasteiger partial charge in [0.15, 0.2) is 0 Å². The largest absolute Gasteiger partial charge is 0.434 e. The summed E-state index contributed by atoms with van der Waals surface area (Å²) in [5.41, 5.74) is -0.172. The SMILES string of the molecule is CON(C)C(=O)c1cc(Cl)c(Cl)cc1OC(F)F. The van der Waals surface area contributed by atoms with Gasteiger partial charge in [-0.15, -0.1) is 0 Å². The molecule has 0 N–H and O–H groups in total. The van der Waals surface area contributed by atoms with Gasteiger partial charge in [-0.05, 0) is 6.07 Å². The standard InChI is InChI=1S/C10H9Cl2F2NO3/c1-15(17-2)9(16)5-3-6(11)7(12)4-8(5)18-10(13)14/h3-4,10H,1-2H3. The Morgan fingerprint density at radius 3 is 2.39 bits per heavy atom. The van der Waals surface area contributed by atoms with E-state index in [4.69, 9.17) is 23.2 Å². The monoisotopic (exact) mass is 299 g/mol. The van der Waals surface area contributed by atoms with Crippen molar-refractivity contribution >= 4 is 29.1 Å². The second-order valence-electron chi connectivity index (χ2n) is 3.13. The van der Waals surface area contributed by atoms with Crippen molar-refractivity contribution in [1.82, 2.24) is 5.06 Å². The summed E-state index contributed by atoms with van der Waals surface area (Å²) in [6.07, 6.45) is 0. The first-order valence-electron chi connectivity index (χ1n) is 4.62. The van der Waals surface area contributed by atoms with Gasteiger partial charge < -0.3 is 4.74 Å². The van der Waals surface area contributed by atoms with Crippen molar-refractivity contribution in [2.75, 3.05) is 14.2 Å². The van der Waals surface area contributed by atoms with Gasteiger partial charge in [-0.1, -0.05) is 23.2 Å². The zero-order valence-electron chi connectivity index (χ0n) is 9.42. The van der Waals surface area contributed by atoms with Gasteiger partial charge >= 0.3 is 6.61 Å². The molecule has 0 bridgehead atoms. The van der Waals surface area contributed by atoms with Crippen LogP contribution in [-0.4, -0.2) is 31.7 Å². The Bertz CT molecular complexity index is 457. The predicted molar refractivity (Wildman–Crippen MR) is 62.2 cm³/mol. The molecular weight excluding hydrogens is 291 g/mol. The van der Waals surface area contributed by atoms with E-state index >= 15 is 0 Å². The third-order valence-electron chi connectivity index (χ3n) is 2.03. The van der Waals surface area contributed by atoms with E-state index in [1.165, 1.54) is 14.2 Å². The average molecular weight is 300 g/mol. The number of carbonyl (C=O) groups excluding carboxylic acids is 1. The minimum absolute atomic E-state index is 0.00364. The molecule has 0 saturated carbocycles. The zero-order valence-corrected chi connectivity index (χ0v) is 10.9. The number of carbonyl (C=O) groups is 1. The Hall–Kier alpha value is -1.11. The molecule has 100 valence electrons. The zero-order chi connectivity index (χ0) is 13.9. The molecule has 18 heavy (non-hydrogen) atoms. The van der Waals surface area contributed by atoms with Gasteiger partial charge in [0.2, 0.25) is 0 Å². The lowest BCUT2D eigenvalue weighted by Gasteiger charge is -2.17. The number of rotatable bonds is 4. The van der Waals surface area contributed by atoms with Crippen LogP contribution in [0, 0.1) is 0 Å². The lowest BCUT2D eigenvalue weighted by molar-refractivity contribution is -0.0771. The molecular formula is C10H9Cl2F2NO3. The maximum atomic E-state index is 12.2. The molecule has 0 radical (unpaired) electrons. The molecule has 0 fully saturated rings. The van der Waals surface area contributed by atoms with Crippen LogP contribution < -0.4 is 4.74 Å². The molecule has 1 aromatic rings. The smallest absolute Gasteiger partial charge is 0.387 e. The van der Waals surface area contributed by atoms with Crippen molar-refractivity contribution in [2.45, 2.75) is 6.61 Å². The van der Waals surface area contributed by atoms with Gasteiger partial charge in [0, 0.05) is 13.1 Å². The topological polar surface area (TPSA) is 38.8 Å². The van der Waals surface area contributed by atoms with Crippen molar-refractivity contribution in [3.8, 4) is 5.75 Å². The summed E-state index contributed by atoms with van der Waals surface area (Å²) in [7, 11) is 2.57. The van der Waals surface area contributed by atoms with E-state index < -0.39 is 12.5 Å². The lowest BCUT2D eigenvalue weighted by atomic mass is 10.2. The number of alkyl halides is 2. The Kier molecular flexibility index (Phi) is 5.13. The van der Waals surface area contributed by atoms with Crippen molar-refractivity contribution in [2.24, 2.45) is 0 Å². The minimum atomic E-state index is -3.08. The fourth-order valence-corrected chi connectivity index (χ4v) is 1.46. The minimum Gasteiger partial charge on any atom is -0.434 e. The van der Waals surface area contributed by atoms with Crippen LogP contribution in [0.2, 0.25) is 10.0 Å². The Morgan fingerprint density at radius 2 is 1.89 bits per heavy atom. The van der Waals surface area contributed by atoms with Gasteiger partial charge in [0.1, 0.15) is 5.75 Å². The molecule has 0 atom stereocenters. The molecule has 0 saturated heterocycles. The van der Waals surface area contributed by atoms with Crippen molar-refractivity contribution in [3.05, 3.63) is 27.7 Å². The van der Waals surface area contributed by atoms with Gasteiger partial charge in [-0.3, -0.25) is 9.63 Å². The lowest BCUT2D eigenvalue weighted by Crippen LogP contribution is -2.26. The number of nitrogens with zero attached hydrogens (tertiary/aromatic N) is 1. The second kappa shape index (κ2) is 6.17. The van der Waals surface area contributed by atoms with Gasteiger partial charge in [0.25, 0.3) is 5.91 Å². The van der Waals surface area contributed by atoms with Gasteiger partial charge in [-0.2, -0.15) is 8.78 Å². The van der Waals surface area contributed by atoms with Crippen LogP contribution >= 0.6 is 23.2 Å². The van der Waals surface area contributed by atoms with Crippen LogP contribution in [0.3, 0.4) is 0 Å². The molecule has 0 aromatic heterocycles. The van der Waals surface area contributed by atoms with Crippen LogP contribution in [0.25, 0.3) is 0 Å². The number of halogens is 4. The normalized spacial score (nSPS) is 10.6. The van der Waals surface area contributed by atoms with E-state index in [9.17, 15) is 13.6 Å². The summed E-state index contributed by atoms with van der Waals surface area (Å²) in [5, 5.41) is 0.896. The number of hydroxylamine groups is 2. The summed E-state index contributed by atoms with van der Waals surface area (Å²) in [5.74, 6) is -1.06. The predicted octanol–water partition coefficient (Wildman–Crippen LogP) is 3.23. The molecule has 1 aromatic carbocycles. The van der Waals surface area contributed by atoms with Crippen LogP contribution in [0.1, 0.15) is 10.4 Å². The maximum Gasteiger partial charge on any atom is 0.387 e. The number of hydrogen-bond acceptors (Lipinski definition) is 3. The first kappa shape index (κ1) is 14.9. The molecule has 0 aliphatic heterocycles. The van der Waals surface area contributed by atoms with Crippen LogP contribution in [0.15, 0.2) is 12.1 Å². The number of amides is 1. The van der Waals surface area contributed by atoms with E-state index in [1.54, 1.807) is 0 Å². The number of hydrogen-bond donors (Lipinski definition) is 0. The highest BCUT2D eigenvalue weighted by atomic mass is 35.5. The molecule has 4 nitrogen and oxygen atoms in total. The molecule has 0 aliphatic rings. The number of benzene rings is 1. The fourth-order valence-electron chi connectivity index (χ4n) is 1.14. The van der Waals surface area contributed by atoms with Gasteiger partial charge in [0.05, 0.1) is 22.7 Å². The van der Waals surface area contributed by atoms with Crippen LogP contribution in [0.5, 0.6) is 5.75 Å². The highest BCUT2D eigenvalue weighted by Gasteiger charge is 2.21. The molecule has 1 amide bonds. The van der Waals surface area contributed by atoms with E-state index in [-0.39, 0.29) is 21.4 Å². The van der Waals surface area contributed by atoms with E-state index in [1.807, 2.05) is 0 Å². The third kappa shape index (κ3) is 3.44. The second-order valence-corrected chi connectivity index (χ2v) is 3.94. The quantitative estimate of drug-likeness (QED) is 0.801. The molecule has 0 spiro atoms. The summed E-state index contributed by atoms with van der Waals surface area (Å²) in [6.45, 7) is -3.08. The summed E-state index contributed by atoms with van der Waals surface area (Å²) in [4.78, 5) is 16.5.